The van der Waals surface area contributed by atoms with Crippen molar-refractivity contribution in [1.82, 2.24) is 4.41 Å². The molecule has 3 aromatic rings. The number of benzene rings is 3. The van der Waals surface area contributed by atoms with Crippen molar-refractivity contribution < 1.29 is 21.2 Å². The maximum atomic E-state index is 13.8. The Morgan fingerprint density at radius 1 is 0.970 bits per heavy atom. The lowest BCUT2D eigenvalue weighted by molar-refractivity contribution is 0.370. The molecular weight excluding hydrogens is 465 g/mol. The number of para-hydroxylation sites is 1. The van der Waals surface area contributed by atoms with Gasteiger partial charge in [0, 0.05) is 12.0 Å². The fraction of sp³-hybridized carbons (Fsp3) is 0.174. The largest absolute Gasteiger partial charge is 0.283 e. The summed E-state index contributed by atoms with van der Waals surface area (Å²) in [5.41, 5.74) is 2.80. The highest BCUT2D eigenvalue weighted by Crippen LogP contribution is 2.39. The van der Waals surface area contributed by atoms with E-state index in [-0.39, 0.29) is 11.3 Å². The predicted octanol–water partition coefficient (Wildman–Crippen LogP) is 4.05. The van der Waals surface area contributed by atoms with E-state index in [2.05, 4.69) is 9.82 Å². The van der Waals surface area contributed by atoms with Crippen molar-refractivity contribution in [3.05, 3.63) is 95.3 Å². The summed E-state index contributed by atoms with van der Waals surface area (Å²) in [5.74, 6) is -0.672. The number of sulfonamides is 2. The number of hydrogen-bond acceptors (Lipinski definition) is 5. The van der Waals surface area contributed by atoms with Gasteiger partial charge in [0.1, 0.15) is 5.82 Å². The van der Waals surface area contributed by atoms with Crippen molar-refractivity contribution in [3.63, 3.8) is 0 Å². The third kappa shape index (κ3) is 4.76. The normalized spacial score (nSPS) is 16.5. The number of hydrazone groups is 1. The Bertz CT molecular complexity index is 1450. The predicted molar refractivity (Wildman–Crippen MR) is 125 cm³/mol. The molecule has 1 aliphatic rings. The van der Waals surface area contributed by atoms with E-state index in [1.165, 1.54) is 18.2 Å². The van der Waals surface area contributed by atoms with Crippen LogP contribution in [0.4, 0.5) is 10.1 Å². The molecule has 1 atom stereocenters. The van der Waals surface area contributed by atoms with E-state index in [0.29, 0.717) is 17.0 Å². The molecule has 3 aromatic carbocycles. The van der Waals surface area contributed by atoms with Gasteiger partial charge in [-0.2, -0.15) is 17.9 Å². The van der Waals surface area contributed by atoms with Crippen molar-refractivity contribution in [3.8, 4) is 0 Å². The molecule has 0 amide bonds. The van der Waals surface area contributed by atoms with Crippen molar-refractivity contribution in [2.24, 2.45) is 5.10 Å². The highest BCUT2D eigenvalue weighted by molar-refractivity contribution is 7.92. The first-order valence-corrected chi connectivity index (χ1v) is 13.4. The molecule has 0 saturated heterocycles. The zero-order valence-corrected chi connectivity index (χ0v) is 19.6. The molecule has 0 saturated carbocycles. The Kier molecular flexibility index (Phi) is 5.98. The van der Waals surface area contributed by atoms with Gasteiger partial charge in [0.05, 0.1) is 28.6 Å². The fourth-order valence-corrected chi connectivity index (χ4v) is 5.86. The van der Waals surface area contributed by atoms with Crippen LogP contribution in [0.1, 0.15) is 29.2 Å². The molecule has 33 heavy (non-hydrogen) atoms. The lowest BCUT2D eigenvalue weighted by atomic mass is 9.95. The molecule has 0 unspecified atom stereocenters. The van der Waals surface area contributed by atoms with Crippen LogP contribution in [0.3, 0.4) is 0 Å². The first kappa shape index (κ1) is 22.9. The molecule has 4 rings (SSSR count). The topological polar surface area (TPSA) is 95.9 Å². The van der Waals surface area contributed by atoms with Crippen LogP contribution in [0.15, 0.2) is 82.8 Å². The summed E-state index contributed by atoms with van der Waals surface area (Å²) in [6, 6.07) is 18.1. The highest BCUT2D eigenvalue weighted by Gasteiger charge is 2.39. The monoisotopic (exact) mass is 487 g/mol. The Labute approximate surface area is 192 Å². The quantitative estimate of drug-likeness (QED) is 0.568. The molecule has 7 nitrogen and oxygen atoms in total. The number of anilines is 1. The van der Waals surface area contributed by atoms with Gasteiger partial charge in [0.15, 0.2) is 0 Å². The Morgan fingerprint density at radius 2 is 1.67 bits per heavy atom. The molecule has 1 aliphatic heterocycles. The number of hydrogen-bond donors (Lipinski definition) is 1. The molecule has 0 aromatic heterocycles. The molecule has 0 fully saturated rings. The highest BCUT2D eigenvalue weighted by atomic mass is 32.2. The summed E-state index contributed by atoms with van der Waals surface area (Å²) in [6.45, 7) is 1.87. The van der Waals surface area contributed by atoms with E-state index in [0.717, 1.165) is 27.9 Å². The summed E-state index contributed by atoms with van der Waals surface area (Å²) in [5, 5.41) is 4.43. The molecule has 10 heteroatoms. The number of aryl methyl sites for hydroxylation is 1. The van der Waals surface area contributed by atoms with E-state index in [1.807, 2.05) is 31.2 Å². The number of nitrogens with one attached hydrogen (secondary N) is 1. The van der Waals surface area contributed by atoms with Gasteiger partial charge in [-0.3, -0.25) is 4.72 Å². The molecule has 0 radical (unpaired) electrons. The minimum Gasteiger partial charge on any atom is -0.283 e. The van der Waals surface area contributed by atoms with Gasteiger partial charge in [0.2, 0.25) is 10.0 Å². The van der Waals surface area contributed by atoms with Crippen molar-refractivity contribution >= 4 is 31.4 Å². The minimum atomic E-state index is -4.20. The van der Waals surface area contributed by atoms with Crippen molar-refractivity contribution in [2.75, 3.05) is 11.0 Å². The lowest BCUT2D eigenvalue weighted by Gasteiger charge is -2.24. The van der Waals surface area contributed by atoms with Crippen LogP contribution in [-0.2, 0) is 20.0 Å². The Morgan fingerprint density at radius 3 is 2.36 bits per heavy atom. The second kappa shape index (κ2) is 8.60. The van der Waals surface area contributed by atoms with Gasteiger partial charge < -0.3 is 0 Å². The maximum Gasteiger partial charge on any atom is 0.279 e. The van der Waals surface area contributed by atoms with E-state index in [1.54, 1.807) is 24.3 Å². The fourth-order valence-electron chi connectivity index (χ4n) is 3.82. The minimum absolute atomic E-state index is 0.210. The van der Waals surface area contributed by atoms with Gasteiger partial charge in [-0.1, -0.05) is 48.5 Å². The third-order valence-corrected chi connectivity index (χ3v) is 7.56. The molecule has 1 heterocycles. The zero-order valence-electron chi connectivity index (χ0n) is 17.9. The summed E-state index contributed by atoms with van der Waals surface area (Å²) >= 11 is 0. The molecular formula is C23H22FN3O4S2. The van der Waals surface area contributed by atoms with Crippen LogP contribution in [0.25, 0.3) is 0 Å². The smallest absolute Gasteiger partial charge is 0.279 e. The van der Waals surface area contributed by atoms with Crippen molar-refractivity contribution in [1.29, 1.82) is 0 Å². The molecule has 0 aliphatic carbocycles. The van der Waals surface area contributed by atoms with E-state index >= 15 is 0 Å². The second-order valence-electron chi connectivity index (χ2n) is 7.78. The number of halogens is 1. The van der Waals surface area contributed by atoms with E-state index < -0.39 is 31.9 Å². The Hall–Kier alpha value is -3.24. The Balaban J connectivity index is 1.86. The number of nitrogens with zero attached hydrogens (tertiary/aromatic N) is 2. The first-order valence-electron chi connectivity index (χ1n) is 10.1. The first-order chi connectivity index (χ1) is 15.6. The van der Waals surface area contributed by atoms with Gasteiger partial charge in [-0.15, -0.1) is 0 Å². The summed E-state index contributed by atoms with van der Waals surface area (Å²) in [4.78, 5) is -0.214. The van der Waals surface area contributed by atoms with Gasteiger partial charge >= 0.3 is 0 Å². The summed E-state index contributed by atoms with van der Waals surface area (Å²) < 4.78 is 68.0. The summed E-state index contributed by atoms with van der Waals surface area (Å²) in [7, 11) is -7.77. The van der Waals surface area contributed by atoms with Crippen LogP contribution in [0.5, 0.6) is 0 Å². The van der Waals surface area contributed by atoms with Gasteiger partial charge in [0.25, 0.3) is 10.0 Å². The van der Waals surface area contributed by atoms with Crippen LogP contribution in [-0.4, -0.2) is 33.2 Å². The lowest BCUT2D eigenvalue weighted by Crippen LogP contribution is -2.27. The van der Waals surface area contributed by atoms with Crippen LogP contribution in [0, 0.1) is 12.7 Å². The van der Waals surface area contributed by atoms with Crippen LogP contribution >= 0.6 is 0 Å². The SMILES string of the molecule is Cc1ccccc1[C@H]1CC(c2ccccc2NS(C)(=O)=O)=NN1S(=O)(=O)c1cccc(F)c1. The second-order valence-corrected chi connectivity index (χ2v) is 11.3. The van der Waals surface area contributed by atoms with E-state index in [4.69, 9.17) is 0 Å². The standard InChI is InChI=1S/C23H22FN3O4S2/c1-16-8-3-4-11-19(16)23-15-22(20-12-5-6-13-21(20)26-32(2,28)29)25-27(23)33(30,31)18-10-7-9-17(24)14-18/h3-14,23,26H,15H2,1-2H3/t23-/m1/s1. The average Bonchev–Trinajstić information content (AvgIpc) is 3.19. The average molecular weight is 488 g/mol. The third-order valence-electron chi connectivity index (χ3n) is 5.29. The summed E-state index contributed by atoms with van der Waals surface area (Å²) in [6.07, 6.45) is 1.25. The molecule has 0 bridgehead atoms. The molecule has 0 spiro atoms. The maximum absolute atomic E-state index is 13.8. The number of rotatable bonds is 6. The van der Waals surface area contributed by atoms with Crippen molar-refractivity contribution in [2.45, 2.75) is 24.3 Å². The molecule has 1 N–H and O–H groups in total. The van der Waals surface area contributed by atoms with Crippen LogP contribution in [0.2, 0.25) is 0 Å². The zero-order chi connectivity index (χ0) is 23.8. The molecule has 172 valence electrons. The van der Waals surface area contributed by atoms with Gasteiger partial charge in [-0.05, 0) is 42.3 Å². The van der Waals surface area contributed by atoms with E-state index in [9.17, 15) is 21.2 Å². The van der Waals surface area contributed by atoms with Gasteiger partial charge in [-0.25, -0.2) is 12.8 Å². The van der Waals surface area contributed by atoms with Crippen LogP contribution < -0.4 is 4.72 Å².